The Labute approximate surface area is 214 Å². The van der Waals surface area contributed by atoms with Crippen molar-refractivity contribution >= 4 is 35.9 Å². The lowest BCUT2D eigenvalue weighted by molar-refractivity contribution is -0.140. The molecule has 0 spiro atoms. The van der Waals surface area contributed by atoms with Crippen LogP contribution in [0.25, 0.3) is 0 Å². The van der Waals surface area contributed by atoms with E-state index in [-0.39, 0.29) is 18.7 Å². The van der Waals surface area contributed by atoms with Crippen LogP contribution in [0.4, 0.5) is 10.6 Å². The normalized spacial score (nSPS) is 11.5. The van der Waals surface area contributed by atoms with Gasteiger partial charge in [-0.15, -0.1) is 0 Å². The molecule has 1 heterocycles. The van der Waals surface area contributed by atoms with Crippen molar-refractivity contribution in [3.8, 4) is 0 Å². The summed E-state index contributed by atoms with van der Waals surface area (Å²) in [7, 11) is 0. The van der Waals surface area contributed by atoms with Gasteiger partial charge in [0.05, 0.1) is 11.8 Å². The highest BCUT2D eigenvalue weighted by Crippen LogP contribution is 2.06. The predicted molar refractivity (Wildman–Crippen MR) is 138 cm³/mol. The summed E-state index contributed by atoms with van der Waals surface area (Å²) in [6.45, 7) is 2.77. The zero-order valence-corrected chi connectivity index (χ0v) is 20.6. The smallest absolute Gasteiger partial charge is 0.326 e. The van der Waals surface area contributed by atoms with Crippen molar-refractivity contribution in [3.05, 3.63) is 59.3 Å². The molecule has 0 saturated carbocycles. The number of anilines is 1. The molecular weight excluding hydrogens is 480 g/mol. The molecule has 3 amide bonds. The minimum absolute atomic E-state index is 0.200. The summed E-state index contributed by atoms with van der Waals surface area (Å²) in [5.74, 6) is -2.17. The van der Waals surface area contributed by atoms with Crippen LogP contribution >= 0.6 is 0 Å². The third-order valence-electron chi connectivity index (χ3n) is 5.17. The highest BCUT2D eigenvalue weighted by molar-refractivity contribution is 5.94. The molecule has 0 bridgehead atoms. The zero-order chi connectivity index (χ0) is 27.0. The van der Waals surface area contributed by atoms with E-state index >= 15 is 0 Å². The number of aromatic nitrogens is 1. The van der Waals surface area contributed by atoms with E-state index in [1.165, 1.54) is 11.8 Å². The van der Waals surface area contributed by atoms with Gasteiger partial charge in [-0.1, -0.05) is 29.8 Å². The number of nitrogens with zero attached hydrogens (tertiary/aromatic N) is 2. The van der Waals surface area contributed by atoms with Gasteiger partial charge in [0.1, 0.15) is 11.9 Å². The zero-order valence-electron chi connectivity index (χ0n) is 20.6. The fourth-order valence-corrected chi connectivity index (χ4v) is 3.09. The van der Waals surface area contributed by atoms with Gasteiger partial charge < -0.3 is 26.2 Å². The van der Waals surface area contributed by atoms with Crippen LogP contribution < -0.4 is 21.4 Å². The monoisotopic (exact) mass is 512 g/mol. The Kier molecular flexibility index (Phi) is 12.0. The van der Waals surface area contributed by atoms with Crippen LogP contribution in [0.3, 0.4) is 0 Å². The summed E-state index contributed by atoms with van der Waals surface area (Å²) < 4.78 is 0. The number of benzene rings is 1. The standard InChI is InChI=1S/C25H32N6O6/c1-17-5-7-18(8-6-17)15-29-31-21-11-9-19(16-28-21)23(34)26-13-3-2-4-14-27-25(37)30-20(24(35)36)10-12-22(32)33/h5-9,11,15-16,20H,2-4,10,12-14H2,1H3,(H,26,34)(H,28,31)(H,32,33)(H,35,36)(H2,27,30,37)/b29-15-. The van der Waals surface area contributed by atoms with Crippen LogP contribution in [0.1, 0.15) is 53.6 Å². The van der Waals surface area contributed by atoms with Gasteiger partial charge in [0.2, 0.25) is 0 Å². The van der Waals surface area contributed by atoms with Crippen molar-refractivity contribution in [1.29, 1.82) is 0 Å². The number of carbonyl (C=O) groups excluding carboxylic acids is 2. The second kappa shape index (κ2) is 15.5. The molecule has 0 aliphatic rings. The maximum atomic E-state index is 12.3. The SMILES string of the molecule is Cc1ccc(/C=N\Nc2ccc(C(=O)NCCCCCNC(=O)NC(CCC(=O)O)C(=O)O)cn2)cc1. The number of amides is 3. The summed E-state index contributed by atoms with van der Waals surface area (Å²) in [6, 6.07) is 9.28. The van der Waals surface area contributed by atoms with Crippen molar-refractivity contribution in [2.24, 2.45) is 5.10 Å². The van der Waals surface area contributed by atoms with Crippen molar-refractivity contribution in [1.82, 2.24) is 20.9 Å². The maximum Gasteiger partial charge on any atom is 0.326 e. The van der Waals surface area contributed by atoms with Crippen LogP contribution in [0.5, 0.6) is 0 Å². The number of nitrogens with one attached hydrogen (secondary N) is 4. The molecule has 12 nitrogen and oxygen atoms in total. The van der Waals surface area contributed by atoms with Gasteiger partial charge in [0.15, 0.2) is 0 Å². The van der Waals surface area contributed by atoms with E-state index < -0.39 is 24.0 Å². The average molecular weight is 513 g/mol. The molecule has 2 rings (SSSR count). The van der Waals surface area contributed by atoms with E-state index in [1.54, 1.807) is 18.3 Å². The van der Waals surface area contributed by atoms with Crippen molar-refractivity contribution in [2.45, 2.75) is 45.1 Å². The van der Waals surface area contributed by atoms with Crippen LogP contribution in [0, 0.1) is 6.92 Å². The lowest BCUT2D eigenvalue weighted by Crippen LogP contribution is -2.46. The number of aryl methyl sites for hydroxylation is 1. The van der Waals surface area contributed by atoms with Gasteiger partial charge in [-0.2, -0.15) is 5.10 Å². The topological polar surface area (TPSA) is 182 Å². The molecule has 12 heteroatoms. The average Bonchev–Trinajstić information content (AvgIpc) is 2.87. The number of urea groups is 1. The third-order valence-corrected chi connectivity index (χ3v) is 5.17. The summed E-state index contributed by atoms with van der Waals surface area (Å²) in [6.07, 6.45) is 4.62. The number of aliphatic carboxylic acids is 2. The number of hydrogen-bond donors (Lipinski definition) is 6. The van der Waals surface area contributed by atoms with E-state index in [9.17, 15) is 19.2 Å². The van der Waals surface area contributed by atoms with Crippen molar-refractivity contribution < 1.29 is 29.4 Å². The molecule has 0 aliphatic heterocycles. The highest BCUT2D eigenvalue weighted by Gasteiger charge is 2.20. The number of rotatable bonds is 15. The first-order chi connectivity index (χ1) is 17.7. The number of hydrazone groups is 1. The Hall–Kier alpha value is -4.48. The lowest BCUT2D eigenvalue weighted by Gasteiger charge is -2.14. The minimum atomic E-state index is -1.29. The summed E-state index contributed by atoms with van der Waals surface area (Å²) in [5.41, 5.74) is 5.36. The quantitative estimate of drug-likeness (QED) is 0.119. The highest BCUT2D eigenvalue weighted by atomic mass is 16.4. The molecule has 37 heavy (non-hydrogen) atoms. The van der Waals surface area contributed by atoms with Gasteiger partial charge >= 0.3 is 18.0 Å². The molecule has 0 radical (unpaired) electrons. The lowest BCUT2D eigenvalue weighted by atomic mass is 10.1. The molecule has 6 N–H and O–H groups in total. The Balaban J connectivity index is 1.59. The van der Waals surface area contributed by atoms with E-state index in [2.05, 4.69) is 31.5 Å². The van der Waals surface area contributed by atoms with Gasteiger partial charge in [0.25, 0.3) is 5.91 Å². The van der Waals surface area contributed by atoms with Crippen molar-refractivity contribution in [3.63, 3.8) is 0 Å². The van der Waals surface area contributed by atoms with E-state index in [0.717, 1.165) is 12.0 Å². The molecule has 1 unspecified atom stereocenters. The van der Waals surface area contributed by atoms with Crippen LogP contribution in [-0.2, 0) is 9.59 Å². The fraction of sp³-hybridized carbons (Fsp3) is 0.360. The largest absolute Gasteiger partial charge is 0.481 e. The number of pyridine rings is 1. The number of carboxylic acid groups (broad SMARTS) is 2. The number of unbranched alkanes of at least 4 members (excludes halogenated alkanes) is 2. The maximum absolute atomic E-state index is 12.3. The first-order valence-electron chi connectivity index (χ1n) is 11.8. The third kappa shape index (κ3) is 11.7. The van der Waals surface area contributed by atoms with Gasteiger partial charge in [-0.25, -0.2) is 14.6 Å². The molecule has 0 aliphatic carbocycles. The molecule has 198 valence electrons. The van der Waals surface area contributed by atoms with Crippen molar-refractivity contribution in [2.75, 3.05) is 18.5 Å². The molecule has 1 atom stereocenters. The second-order valence-electron chi connectivity index (χ2n) is 8.25. The molecule has 2 aromatic rings. The van der Waals surface area contributed by atoms with Crippen LogP contribution in [0.2, 0.25) is 0 Å². The molecular formula is C25H32N6O6. The second-order valence-corrected chi connectivity index (χ2v) is 8.25. The first-order valence-corrected chi connectivity index (χ1v) is 11.8. The van der Waals surface area contributed by atoms with Gasteiger partial charge in [0, 0.05) is 25.7 Å². The Morgan fingerprint density at radius 3 is 2.30 bits per heavy atom. The van der Waals surface area contributed by atoms with E-state index in [0.29, 0.717) is 37.3 Å². The minimum Gasteiger partial charge on any atom is -0.481 e. The van der Waals surface area contributed by atoms with Crippen LogP contribution in [-0.4, -0.2) is 64.4 Å². The van der Waals surface area contributed by atoms with Gasteiger partial charge in [-0.3, -0.25) is 15.0 Å². The predicted octanol–water partition coefficient (Wildman–Crippen LogP) is 2.35. The van der Waals surface area contributed by atoms with Gasteiger partial charge in [-0.05, 0) is 50.3 Å². The Morgan fingerprint density at radius 1 is 0.973 bits per heavy atom. The summed E-state index contributed by atoms with van der Waals surface area (Å²) in [4.78, 5) is 49.9. The first kappa shape index (κ1) is 28.8. The summed E-state index contributed by atoms with van der Waals surface area (Å²) >= 11 is 0. The Morgan fingerprint density at radius 2 is 1.68 bits per heavy atom. The number of carbonyl (C=O) groups is 4. The fourth-order valence-electron chi connectivity index (χ4n) is 3.09. The van der Waals surface area contributed by atoms with Crippen LogP contribution in [0.15, 0.2) is 47.7 Å². The summed E-state index contributed by atoms with van der Waals surface area (Å²) in [5, 5.41) is 29.4. The van der Waals surface area contributed by atoms with E-state index in [4.69, 9.17) is 10.2 Å². The Bertz CT molecular complexity index is 1070. The number of carboxylic acids is 2. The molecule has 0 saturated heterocycles. The number of hydrogen-bond acceptors (Lipinski definition) is 7. The molecule has 0 fully saturated rings. The molecule has 1 aromatic carbocycles. The molecule has 1 aromatic heterocycles. The van der Waals surface area contributed by atoms with E-state index in [1.807, 2.05) is 31.2 Å².